The molecule has 2 aliphatic rings. The van der Waals surface area contributed by atoms with Crippen LogP contribution in [0, 0.1) is 0 Å². The topological polar surface area (TPSA) is 32.8 Å². The van der Waals surface area contributed by atoms with Crippen molar-refractivity contribution >= 4 is 5.91 Å². The summed E-state index contributed by atoms with van der Waals surface area (Å²) >= 11 is 0. The maximum atomic E-state index is 11.9. The van der Waals surface area contributed by atoms with Crippen LogP contribution in [0.2, 0.25) is 0 Å². The standard InChI is InChI=1S/C13H22N2O2/c1-12-4-2-7-15(12)13(16)5-3-6-14-8-10-17-11-9-14/h3,5,12H,2,4,6-11H2,1H3/b5-3+/t12-/m1/s1. The molecular formula is C13H22N2O2. The number of amides is 1. The van der Waals surface area contributed by atoms with E-state index in [0.717, 1.165) is 52.2 Å². The number of carbonyl (C=O) groups excluding carboxylic acids is 1. The van der Waals surface area contributed by atoms with Crippen molar-refractivity contribution in [3.8, 4) is 0 Å². The monoisotopic (exact) mass is 238 g/mol. The molecule has 2 fully saturated rings. The van der Waals surface area contributed by atoms with Crippen LogP contribution in [-0.4, -0.2) is 61.1 Å². The van der Waals surface area contributed by atoms with E-state index in [2.05, 4.69) is 11.8 Å². The van der Waals surface area contributed by atoms with Gasteiger partial charge in [0.15, 0.2) is 0 Å². The van der Waals surface area contributed by atoms with Crippen LogP contribution in [0.15, 0.2) is 12.2 Å². The minimum Gasteiger partial charge on any atom is -0.379 e. The van der Waals surface area contributed by atoms with Gasteiger partial charge in [-0.3, -0.25) is 9.69 Å². The molecule has 4 heteroatoms. The van der Waals surface area contributed by atoms with E-state index in [1.807, 2.05) is 11.0 Å². The van der Waals surface area contributed by atoms with Crippen molar-refractivity contribution in [2.75, 3.05) is 39.4 Å². The molecule has 0 unspecified atom stereocenters. The van der Waals surface area contributed by atoms with Gasteiger partial charge in [-0.25, -0.2) is 0 Å². The van der Waals surface area contributed by atoms with E-state index in [-0.39, 0.29) is 5.91 Å². The summed E-state index contributed by atoms with van der Waals surface area (Å²) in [6, 6.07) is 0.413. The van der Waals surface area contributed by atoms with Crippen LogP contribution in [0.3, 0.4) is 0 Å². The molecule has 2 rings (SSSR count). The molecule has 0 bridgehead atoms. The predicted molar refractivity (Wildman–Crippen MR) is 66.8 cm³/mol. The van der Waals surface area contributed by atoms with Gasteiger partial charge < -0.3 is 9.64 Å². The molecule has 0 spiro atoms. The fourth-order valence-electron chi connectivity index (χ4n) is 2.44. The smallest absolute Gasteiger partial charge is 0.246 e. The van der Waals surface area contributed by atoms with Gasteiger partial charge in [0, 0.05) is 38.3 Å². The molecule has 1 amide bonds. The number of likely N-dealkylation sites (tertiary alicyclic amines) is 1. The summed E-state index contributed by atoms with van der Waals surface area (Å²) in [6.45, 7) is 7.47. The Morgan fingerprint density at radius 3 is 2.76 bits per heavy atom. The summed E-state index contributed by atoms with van der Waals surface area (Å²) in [4.78, 5) is 16.2. The maximum absolute atomic E-state index is 11.9. The highest BCUT2D eigenvalue weighted by Crippen LogP contribution is 2.16. The lowest BCUT2D eigenvalue weighted by atomic mass is 10.2. The first-order chi connectivity index (χ1) is 8.27. The normalized spacial score (nSPS) is 26.9. The van der Waals surface area contributed by atoms with E-state index >= 15 is 0 Å². The summed E-state index contributed by atoms with van der Waals surface area (Å²) in [7, 11) is 0. The van der Waals surface area contributed by atoms with Crippen LogP contribution in [0.5, 0.6) is 0 Å². The van der Waals surface area contributed by atoms with Crippen molar-refractivity contribution in [2.45, 2.75) is 25.8 Å². The van der Waals surface area contributed by atoms with E-state index in [9.17, 15) is 4.79 Å². The third-order valence-electron chi connectivity index (χ3n) is 3.56. The summed E-state index contributed by atoms with van der Waals surface area (Å²) in [5, 5.41) is 0. The molecule has 2 aliphatic heterocycles. The van der Waals surface area contributed by atoms with Gasteiger partial charge in [0.25, 0.3) is 0 Å². The van der Waals surface area contributed by atoms with Crippen LogP contribution in [0.4, 0.5) is 0 Å². The molecule has 0 N–H and O–H groups in total. The molecular weight excluding hydrogens is 216 g/mol. The van der Waals surface area contributed by atoms with Crippen LogP contribution >= 0.6 is 0 Å². The van der Waals surface area contributed by atoms with E-state index in [0.29, 0.717) is 6.04 Å². The third kappa shape index (κ3) is 3.54. The van der Waals surface area contributed by atoms with E-state index in [1.165, 1.54) is 0 Å². The zero-order chi connectivity index (χ0) is 12.1. The van der Waals surface area contributed by atoms with E-state index in [1.54, 1.807) is 6.08 Å². The Morgan fingerprint density at radius 1 is 1.35 bits per heavy atom. The van der Waals surface area contributed by atoms with Gasteiger partial charge in [-0.1, -0.05) is 6.08 Å². The van der Waals surface area contributed by atoms with Crippen molar-refractivity contribution in [3.63, 3.8) is 0 Å². The Morgan fingerprint density at radius 2 is 2.12 bits per heavy atom. The average Bonchev–Trinajstić information content (AvgIpc) is 2.77. The van der Waals surface area contributed by atoms with Gasteiger partial charge in [0.2, 0.25) is 5.91 Å². The minimum absolute atomic E-state index is 0.170. The minimum atomic E-state index is 0.170. The molecule has 0 radical (unpaired) electrons. The lowest BCUT2D eigenvalue weighted by Crippen LogP contribution is -2.36. The Labute approximate surface area is 103 Å². The second-order valence-corrected chi connectivity index (χ2v) is 4.84. The SMILES string of the molecule is C[C@@H]1CCCN1C(=O)/C=C/CN1CCOCC1. The molecule has 2 saturated heterocycles. The van der Waals surface area contributed by atoms with Crippen LogP contribution < -0.4 is 0 Å². The van der Waals surface area contributed by atoms with Crippen molar-refractivity contribution in [1.82, 2.24) is 9.80 Å². The molecule has 0 aliphatic carbocycles. The maximum Gasteiger partial charge on any atom is 0.246 e. The van der Waals surface area contributed by atoms with Gasteiger partial charge in [0.05, 0.1) is 13.2 Å². The molecule has 0 aromatic rings. The van der Waals surface area contributed by atoms with E-state index < -0.39 is 0 Å². The second kappa shape index (κ2) is 6.17. The summed E-state index contributed by atoms with van der Waals surface area (Å²) in [5.74, 6) is 0.170. The Balaban J connectivity index is 1.73. The molecule has 0 aromatic heterocycles. The van der Waals surface area contributed by atoms with Gasteiger partial charge >= 0.3 is 0 Å². The highest BCUT2D eigenvalue weighted by atomic mass is 16.5. The largest absolute Gasteiger partial charge is 0.379 e. The lowest BCUT2D eigenvalue weighted by molar-refractivity contribution is -0.126. The second-order valence-electron chi connectivity index (χ2n) is 4.84. The van der Waals surface area contributed by atoms with Crippen LogP contribution in [-0.2, 0) is 9.53 Å². The van der Waals surface area contributed by atoms with Crippen molar-refractivity contribution in [3.05, 3.63) is 12.2 Å². The molecule has 0 aromatic carbocycles. The average molecular weight is 238 g/mol. The summed E-state index contributed by atoms with van der Waals surface area (Å²) < 4.78 is 5.28. The Kier molecular flexibility index (Phi) is 4.57. The quantitative estimate of drug-likeness (QED) is 0.684. The fraction of sp³-hybridized carbons (Fsp3) is 0.769. The first-order valence-electron chi connectivity index (χ1n) is 6.54. The zero-order valence-corrected chi connectivity index (χ0v) is 10.6. The van der Waals surface area contributed by atoms with Gasteiger partial charge in [-0.2, -0.15) is 0 Å². The zero-order valence-electron chi connectivity index (χ0n) is 10.6. The van der Waals surface area contributed by atoms with Crippen LogP contribution in [0.1, 0.15) is 19.8 Å². The first-order valence-corrected chi connectivity index (χ1v) is 6.54. The van der Waals surface area contributed by atoms with Gasteiger partial charge in [-0.15, -0.1) is 0 Å². The molecule has 2 heterocycles. The predicted octanol–water partition coefficient (Wildman–Crippen LogP) is 0.886. The first kappa shape index (κ1) is 12.6. The van der Waals surface area contributed by atoms with Crippen LogP contribution in [0.25, 0.3) is 0 Å². The van der Waals surface area contributed by atoms with Crippen molar-refractivity contribution in [2.24, 2.45) is 0 Å². The number of hydrogen-bond acceptors (Lipinski definition) is 3. The number of ether oxygens (including phenoxy) is 1. The van der Waals surface area contributed by atoms with Gasteiger partial charge in [-0.05, 0) is 19.8 Å². The number of morpholine rings is 1. The molecule has 1 atom stereocenters. The fourth-order valence-corrected chi connectivity index (χ4v) is 2.44. The molecule has 17 heavy (non-hydrogen) atoms. The number of carbonyl (C=O) groups is 1. The summed E-state index contributed by atoms with van der Waals surface area (Å²) in [5.41, 5.74) is 0. The van der Waals surface area contributed by atoms with E-state index in [4.69, 9.17) is 4.74 Å². The third-order valence-corrected chi connectivity index (χ3v) is 3.56. The Bertz CT molecular complexity index is 285. The number of nitrogens with zero attached hydrogens (tertiary/aromatic N) is 2. The van der Waals surface area contributed by atoms with Crippen molar-refractivity contribution < 1.29 is 9.53 Å². The summed E-state index contributed by atoms with van der Waals surface area (Å²) in [6.07, 6.45) is 6.00. The van der Waals surface area contributed by atoms with Crippen molar-refractivity contribution in [1.29, 1.82) is 0 Å². The Hall–Kier alpha value is -0.870. The number of hydrogen-bond donors (Lipinski definition) is 0. The molecule has 96 valence electrons. The van der Waals surface area contributed by atoms with Gasteiger partial charge in [0.1, 0.15) is 0 Å². The lowest BCUT2D eigenvalue weighted by Gasteiger charge is -2.25. The highest BCUT2D eigenvalue weighted by Gasteiger charge is 2.23. The number of rotatable bonds is 3. The highest BCUT2D eigenvalue weighted by molar-refractivity contribution is 5.88. The molecule has 0 saturated carbocycles. The molecule has 4 nitrogen and oxygen atoms in total.